The Balaban J connectivity index is 1.74. The molecule has 3 rings (SSSR count). The minimum Gasteiger partial charge on any atom is -0.347 e. The van der Waals surface area contributed by atoms with Gasteiger partial charge < -0.3 is 4.90 Å². The summed E-state index contributed by atoms with van der Waals surface area (Å²) in [6, 6.07) is 14.5. The molecule has 1 aliphatic heterocycles. The molecule has 0 aliphatic carbocycles. The highest BCUT2D eigenvalue weighted by Gasteiger charge is 2.37. The van der Waals surface area contributed by atoms with Crippen molar-refractivity contribution < 1.29 is 4.92 Å². The van der Waals surface area contributed by atoms with Crippen molar-refractivity contribution in [3.63, 3.8) is 0 Å². The summed E-state index contributed by atoms with van der Waals surface area (Å²) in [6.45, 7) is 4.39. The van der Waals surface area contributed by atoms with Crippen molar-refractivity contribution in [2.24, 2.45) is 5.10 Å². The standard InChI is InChI=1S/C19H20N4O2/c1-19(2)16-6-4-5-7-17(16)22(3)18(19)12-13-20-21-14-8-10-15(11-9-14)23(24)25/h4-13,21H,1-3H3/b18-12+,20-13+. The molecule has 0 saturated carbocycles. The third-order valence-corrected chi connectivity index (χ3v) is 4.52. The molecule has 0 fully saturated rings. The topological polar surface area (TPSA) is 70.8 Å². The van der Waals surface area contributed by atoms with Crippen molar-refractivity contribution in [1.29, 1.82) is 0 Å². The van der Waals surface area contributed by atoms with Crippen LogP contribution in [0.4, 0.5) is 17.1 Å². The Bertz CT molecular complexity index is 854. The average molecular weight is 336 g/mol. The first-order valence-corrected chi connectivity index (χ1v) is 7.99. The van der Waals surface area contributed by atoms with Gasteiger partial charge in [0.1, 0.15) is 0 Å². The second-order valence-corrected chi connectivity index (χ2v) is 6.45. The van der Waals surface area contributed by atoms with Gasteiger partial charge in [0, 0.05) is 42.2 Å². The second-order valence-electron chi connectivity index (χ2n) is 6.45. The maximum Gasteiger partial charge on any atom is 0.269 e. The van der Waals surface area contributed by atoms with Crippen molar-refractivity contribution in [3.05, 3.63) is 76.0 Å². The van der Waals surface area contributed by atoms with Gasteiger partial charge in [-0.3, -0.25) is 15.5 Å². The van der Waals surface area contributed by atoms with Crippen LogP contribution in [0.2, 0.25) is 0 Å². The minimum atomic E-state index is -0.423. The smallest absolute Gasteiger partial charge is 0.269 e. The highest BCUT2D eigenvalue weighted by molar-refractivity contribution is 5.79. The van der Waals surface area contributed by atoms with Crippen molar-refractivity contribution in [1.82, 2.24) is 0 Å². The Labute approximate surface area is 146 Å². The van der Waals surface area contributed by atoms with Gasteiger partial charge in [0.05, 0.1) is 10.6 Å². The molecule has 25 heavy (non-hydrogen) atoms. The van der Waals surface area contributed by atoms with Gasteiger partial charge in [0.15, 0.2) is 0 Å². The minimum absolute atomic E-state index is 0.0590. The van der Waals surface area contributed by atoms with Crippen molar-refractivity contribution >= 4 is 23.3 Å². The van der Waals surface area contributed by atoms with Gasteiger partial charge in [-0.1, -0.05) is 32.0 Å². The zero-order valence-electron chi connectivity index (χ0n) is 14.4. The molecule has 0 aromatic heterocycles. The maximum atomic E-state index is 10.6. The molecule has 1 heterocycles. The number of rotatable bonds is 4. The predicted octanol–water partition coefficient (Wildman–Crippen LogP) is 4.30. The fraction of sp³-hybridized carbons (Fsp3) is 0.211. The molecular formula is C19H20N4O2. The molecular weight excluding hydrogens is 316 g/mol. The molecule has 0 amide bonds. The summed E-state index contributed by atoms with van der Waals surface area (Å²) in [5, 5.41) is 14.8. The number of allylic oxidation sites excluding steroid dienone is 2. The Hall–Kier alpha value is -3.15. The van der Waals surface area contributed by atoms with Crippen LogP contribution >= 0.6 is 0 Å². The lowest BCUT2D eigenvalue weighted by atomic mass is 9.84. The lowest BCUT2D eigenvalue weighted by molar-refractivity contribution is -0.384. The molecule has 0 spiro atoms. The van der Waals surface area contributed by atoms with Gasteiger partial charge in [-0.05, 0) is 29.8 Å². The highest BCUT2D eigenvalue weighted by Crippen LogP contribution is 2.46. The number of nitro groups is 1. The summed E-state index contributed by atoms with van der Waals surface area (Å²) in [5.41, 5.74) is 7.20. The van der Waals surface area contributed by atoms with E-state index in [1.807, 2.05) is 12.1 Å². The molecule has 6 heteroatoms. The number of hydrazone groups is 1. The Kier molecular flexibility index (Phi) is 4.27. The zero-order valence-corrected chi connectivity index (χ0v) is 14.4. The molecule has 1 aliphatic rings. The van der Waals surface area contributed by atoms with Gasteiger partial charge in [-0.25, -0.2) is 0 Å². The van der Waals surface area contributed by atoms with Gasteiger partial charge in [-0.2, -0.15) is 5.10 Å². The first-order valence-electron chi connectivity index (χ1n) is 7.99. The highest BCUT2D eigenvalue weighted by atomic mass is 16.6. The van der Waals surface area contributed by atoms with Gasteiger partial charge >= 0.3 is 0 Å². The van der Waals surface area contributed by atoms with Crippen LogP contribution in [0, 0.1) is 10.1 Å². The van der Waals surface area contributed by atoms with Crippen molar-refractivity contribution in [2.75, 3.05) is 17.4 Å². The van der Waals surface area contributed by atoms with Crippen LogP contribution in [0.25, 0.3) is 0 Å². The van der Waals surface area contributed by atoms with E-state index >= 15 is 0 Å². The van der Waals surface area contributed by atoms with Crippen molar-refractivity contribution in [2.45, 2.75) is 19.3 Å². The van der Waals surface area contributed by atoms with E-state index in [1.54, 1.807) is 18.3 Å². The lowest BCUT2D eigenvalue weighted by Crippen LogP contribution is -2.23. The number of nitrogens with zero attached hydrogens (tertiary/aromatic N) is 3. The van der Waals surface area contributed by atoms with E-state index in [2.05, 4.69) is 54.5 Å². The number of hydrogen-bond donors (Lipinski definition) is 1. The first kappa shape index (κ1) is 16.7. The number of hydrogen-bond acceptors (Lipinski definition) is 5. The van der Waals surface area contributed by atoms with Crippen LogP contribution in [0.15, 0.2) is 65.4 Å². The molecule has 2 aromatic carbocycles. The fourth-order valence-corrected chi connectivity index (χ4v) is 3.18. The summed E-state index contributed by atoms with van der Waals surface area (Å²) in [4.78, 5) is 12.4. The monoisotopic (exact) mass is 336 g/mol. The maximum absolute atomic E-state index is 10.6. The molecule has 128 valence electrons. The van der Waals surface area contributed by atoms with E-state index in [1.165, 1.54) is 23.4 Å². The van der Waals surface area contributed by atoms with Crippen LogP contribution in [0.5, 0.6) is 0 Å². The molecule has 2 aromatic rings. The number of para-hydroxylation sites is 1. The predicted molar refractivity (Wildman–Crippen MR) is 101 cm³/mol. The zero-order chi connectivity index (χ0) is 18.0. The normalized spacial score (nSPS) is 17.1. The van der Waals surface area contributed by atoms with E-state index in [0.717, 1.165) is 5.70 Å². The van der Waals surface area contributed by atoms with E-state index in [0.29, 0.717) is 5.69 Å². The number of likely N-dealkylation sites (N-methyl/N-ethyl adjacent to an activating group) is 1. The molecule has 0 radical (unpaired) electrons. The van der Waals surface area contributed by atoms with Crippen LogP contribution in [0.1, 0.15) is 19.4 Å². The lowest BCUT2D eigenvalue weighted by Gasteiger charge is -2.23. The van der Waals surface area contributed by atoms with Gasteiger partial charge in [0.2, 0.25) is 0 Å². The molecule has 0 unspecified atom stereocenters. The number of nitrogens with one attached hydrogen (secondary N) is 1. The Morgan fingerprint density at radius 1 is 1.16 bits per heavy atom. The van der Waals surface area contributed by atoms with E-state index in [-0.39, 0.29) is 11.1 Å². The molecule has 0 atom stereocenters. The number of nitro benzene ring substituents is 1. The summed E-state index contributed by atoms with van der Waals surface area (Å²) in [5.74, 6) is 0. The van der Waals surface area contributed by atoms with E-state index < -0.39 is 4.92 Å². The van der Waals surface area contributed by atoms with Gasteiger partial charge in [-0.15, -0.1) is 0 Å². The Morgan fingerprint density at radius 3 is 2.48 bits per heavy atom. The van der Waals surface area contributed by atoms with E-state index in [9.17, 15) is 10.1 Å². The van der Waals surface area contributed by atoms with Crippen LogP contribution in [-0.2, 0) is 5.41 Å². The van der Waals surface area contributed by atoms with Crippen molar-refractivity contribution in [3.8, 4) is 0 Å². The quantitative estimate of drug-likeness (QED) is 0.513. The number of anilines is 2. The third-order valence-electron chi connectivity index (χ3n) is 4.52. The molecule has 1 N–H and O–H groups in total. The first-order chi connectivity index (χ1) is 11.9. The van der Waals surface area contributed by atoms with E-state index in [4.69, 9.17) is 0 Å². The number of benzene rings is 2. The SMILES string of the molecule is CN1/C(=C/C=N/Nc2ccc([N+](=O)[O-])cc2)C(C)(C)c2ccccc21. The summed E-state index contributed by atoms with van der Waals surface area (Å²) < 4.78 is 0. The number of non-ortho nitro benzene ring substituents is 1. The number of fused-ring (bicyclic) bond motifs is 1. The summed E-state index contributed by atoms with van der Waals surface area (Å²) in [7, 11) is 2.05. The molecule has 0 bridgehead atoms. The second kappa shape index (κ2) is 6.39. The van der Waals surface area contributed by atoms with Crippen LogP contribution in [0.3, 0.4) is 0 Å². The van der Waals surface area contributed by atoms with Gasteiger partial charge in [0.25, 0.3) is 5.69 Å². The average Bonchev–Trinajstić information content (AvgIpc) is 2.79. The fourth-order valence-electron chi connectivity index (χ4n) is 3.18. The van der Waals surface area contributed by atoms with Crippen LogP contribution < -0.4 is 10.3 Å². The summed E-state index contributed by atoms with van der Waals surface area (Å²) in [6.07, 6.45) is 3.69. The third kappa shape index (κ3) is 3.10. The summed E-state index contributed by atoms with van der Waals surface area (Å²) >= 11 is 0. The molecule has 6 nitrogen and oxygen atoms in total. The largest absolute Gasteiger partial charge is 0.347 e. The molecule has 0 saturated heterocycles. The van der Waals surface area contributed by atoms with Crippen LogP contribution in [-0.4, -0.2) is 18.2 Å². The Morgan fingerprint density at radius 2 is 1.84 bits per heavy atom.